The summed E-state index contributed by atoms with van der Waals surface area (Å²) in [4.78, 5) is 23.0. The number of carbonyl (C=O) groups is 1. The lowest BCUT2D eigenvalue weighted by Gasteiger charge is -2.20. The van der Waals surface area contributed by atoms with Crippen LogP contribution in [0.1, 0.15) is 37.0 Å². The van der Waals surface area contributed by atoms with E-state index in [0.717, 1.165) is 22.3 Å². The summed E-state index contributed by atoms with van der Waals surface area (Å²) in [5.41, 5.74) is 16.1. The lowest BCUT2D eigenvalue weighted by atomic mass is 10.0. The molecule has 43 heavy (non-hydrogen) atoms. The summed E-state index contributed by atoms with van der Waals surface area (Å²) in [6.07, 6.45) is 0.583. The first-order valence-electron chi connectivity index (χ1n) is 13.8. The van der Waals surface area contributed by atoms with Crippen LogP contribution in [0.15, 0.2) is 84.0 Å². The Bertz CT molecular complexity index is 1580. The Kier molecular flexibility index (Phi) is 11.0. The second-order valence-corrected chi connectivity index (χ2v) is 11.3. The highest BCUT2D eigenvalue weighted by Gasteiger charge is 2.19. The Morgan fingerprint density at radius 2 is 1.65 bits per heavy atom. The first-order valence-corrected chi connectivity index (χ1v) is 14.6. The number of nitrogens with zero attached hydrogens (tertiary/aromatic N) is 1. The number of nitroso groups, excluding NO2 is 1. The van der Waals surface area contributed by atoms with E-state index in [-0.39, 0.29) is 37.1 Å². The highest BCUT2D eigenvalue weighted by Crippen LogP contribution is 2.36. The van der Waals surface area contributed by atoms with Crippen molar-refractivity contribution in [3.05, 3.63) is 111 Å². The number of carbonyl (C=O) groups excluding carboxylic acids is 1. The zero-order valence-corrected chi connectivity index (χ0v) is 25.5. The lowest BCUT2D eigenvalue weighted by molar-refractivity contribution is -0.120. The minimum Gasteiger partial charge on any atom is -0.488 e. The van der Waals surface area contributed by atoms with Gasteiger partial charge in [-0.05, 0) is 46.8 Å². The average Bonchev–Trinajstić information content (AvgIpc) is 2.99. The van der Waals surface area contributed by atoms with Crippen molar-refractivity contribution in [2.45, 2.75) is 46.1 Å². The molecule has 4 aromatic rings. The summed E-state index contributed by atoms with van der Waals surface area (Å²) in [5, 5.41) is 7.10. The first-order chi connectivity index (χ1) is 20.7. The summed E-state index contributed by atoms with van der Waals surface area (Å²) in [6.45, 7) is 4.64. The maximum absolute atomic E-state index is 12.0. The third-order valence-corrected chi connectivity index (χ3v) is 7.58. The SMILES string of the molecule is CC(C)CC(NCc1cc(Cl)c(OCc2cccc(-c3ccccc3)c2Cl)cc1OCc1ccc(N=O)c(N)c1)C(N)=O. The van der Waals surface area contributed by atoms with E-state index in [1.165, 1.54) is 6.07 Å². The molecule has 0 fully saturated rings. The molecule has 1 unspecified atom stereocenters. The van der Waals surface area contributed by atoms with Crippen LogP contribution in [0, 0.1) is 10.8 Å². The Labute approximate surface area is 261 Å². The molecule has 224 valence electrons. The zero-order chi connectivity index (χ0) is 30.9. The smallest absolute Gasteiger partial charge is 0.234 e. The number of nitrogens with one attached hydrogen (secondary N) is 1. The number of hydrogen-bond acceptors (Lipinski definition) is 7. The fourth-order valence-electron chi connectivity index (χ4n) is 4.59. The van der Waals surface area contributed by atoms with Crippen molar-refractivity contribution in [3.63, 3.8) is 0 Å². The molecule has 10 heteroatoms. The van der Waals surface area contributed by atoms with Crippen molar-refractivity contribution in [3.8, 4) is 22.6 Å². The van der Waals surface area contributed by atoms with Gasteiger partial charge in [-0.1, -0.05) is 91.6 Å². The number of primary amides is 1. The van der Waals surface area contributed by atoms with Crippen LogP contribution in [-0.4, -0.2) is 11.9 Å². The van der Waals surface area contributed by atoms with E-state index >= 15 is 0 Å². The normalized spacial score (nSPS) is 11.7. The van der Waals surface area contributed by atoms with Crippen molar-refractivity contribution >= 4 is 40.5 Å². The molecule has 0 aliphatic heterocycles. The number of anilines is 1. The zero-order valence-electron chi connectivity index (χ0n) is 24.0. The van der Waals surface area contributed by atoms with Crippen LogP contribution < -0.4 is 26.3 Å². The molecule has 5 N–H and O–H groups in total. The van der Waals surface area contributed by atoms with E-state index in [1.54, 1.807) is 24.3 Å². The molecule has 0 bridgehead atoms. The molecule has 0 radical (unpaired) electrons. The molecular weight excluding hydrogens is 587 g/mol. The van der Waals surface area contributed by atoms with Crippen molar-refractivity contribution in [2.75, 3.05) is 5.73 Å². The summed E-state index contributed by atoms with van der Waals surface area (Å²) in [7, 11) is 0. The highest BCUT2D eigenvalue weighted by atomic mass is 35.5. The standard InChI is InChI=1S/C33H34Cl2N4O4/c1-20(2)13-29(33(37)40)38-17-24-15-26(34)31(16-30(24)42-18-21-11-12-28(39-41)27(36)14-21)43-19-23-9-6-10-25(32(23)35)22-7-4-3-5-8-22/h3-12,14-16,20,29,38H,13,17-19,36H2,1-2H3,(H2,37,40). The Morgan fingerprint density at radius 1 is 0.907 bits per heavy atom. The Hall–Kier alpha value is -4.11. The van der Waals surface area contributed by atoms with E-state index < -0.39 is 11.9 Å². The molecule has 0 aliphatic rings. The van der Waals surface area contributed by atoms with Crippen molar-refractivity contribution in [1.29, 1.82) is 0 Å². The fraction of sp³-hybridized carbons (Fsp3) is 0.242. The number of halogens is 2. The van der Waals surface area contributed by atoms with Gasteiger partial charge in [-0.3, -0.25) is 4.79 Å². The third kappa shape index (κ3) is 8.47. The van der Waals surface area contributed by atoms with Gasteiger partial charge in [0.1, 0.15) is 30.4 Å². The maximum Gasteiger partial charge on any atom is 0.234 e. The van der Waals surface area contributed by atoms with Crippen LogP contribution in [0.3, 0.4) is 0 Å². The average molecular weight is 622 g/mol. The van der Waals surface area contributed by atoms with Gasteiger partial charge in [-0.2, -0.15) is 0 Å². The predicted octanol–water partition coefficient (Wildman–Crippen LogP) is 7.79. The quantitative estimate of drug-likeness (QED) is 0.0974. The number of nitrogens with two attached hydrogens (primary N) is 2. The molecule has 1 atom stereocenters. The van der Waals surface area contributed by atoms with Gasteiger partial charge in [-0.25, -0.2) is 0 Å². The van der Waals surface area contributed by atoms with Gasteiger partial charge in [0.2, 0.25) is 5.91 Å². The molecule has 1 amide bonds. The van der Waals surface area contributed by atoms with Gasteiger partial charge < -0.3 is 26.3 Å². The van der Waals surface area contributed by atoms with Gasteiger partial charge >= 0.3 is 0 Å². The van der Waals surface area contributed by atoms with Gasteiger partial charge in [0.15, 0.2) is 0 Å². The molecule has 0 saturated heterocycles. The van der Waals surface area contributed by atoms with Crippen LogP contribution in [-0.2, 0) is 24.6 Å². The minimum absolute atomic E-state index is 0.146. The molecule has 0 spiro atoms. The molecule has 0 saturated carbocycles. The van der Waals surface area contributed by atoms with E-state index in [4.69, 9.17) is 44.1 Å². The van der Waals surface area contributed by atoms with Crippen molar-refractivity contribution in [1.82, 2.24) is 5.32 Å². The summed E-state index contributed by atoms with van der Waals surface area (Å²) >= 11 is 13.4. The number of benzene rings is 4. The molecule has 0 heterocycles. The number of hydrogen-bond donors (Lipinski definition) is 3. The third-order valence-electron chi connectivity index (χ3n) is 6.84. The van der Waals surface area contributed by atoms with Crippen LogP contribution in [0.5, 0.6) is 11.5 Å². The summed E-state index contributed by atoms with van der Waals surface area (Å²) < 4.78 is 12.3. The monoisotopic (exact) mass is 620 g/mol. The highest BCUT2D eigenvalue weighted by molar-refractivity contribution is 6.34. The van der Waals surface area contributed by atoms with Crippen LogP contribution in [0.4, 0.5) is 11.4 Å². The van der Waals surface area contributed by atoms with Gasteiger partial charge in [-0.15, -0.1) is 4.91 Å². The topological polar surface area (TPSA) is 129 Å². The van der Waals surface area contributed by atoms with E-state index in [9.17, 15) is 9.70 Å². The fourth-order valence-corrected chi connectivity index (χ4v) is 5.12. The molecule has 8 nitrogen and oxygen atoms in total. The van der Waals surface area contributed by atoms with Gasteiger partial charge in [0.05, 0.1) is 21.8 Å². The summed E-state index contributed by atoms with van der Waals surface area (Å²) in [6, 6.07) is 23.5. The number of amides is 1. The van der Waals surface area contributed by atoms with Gasteiger partial charge in [0, 0.05) is 29.3 Å². The first kappa shape index (κ1) is 31.8. The Morgan fingerprint density at radius 3 is 2.33 bits per heavy atom. The van der Waals surface area contributed by atoms with E-state index in [0.29, 0.717) is 33.5 Å². The number of rotatable bonds is 14. The van der Waals surface area contributed by atoms with E-state index in [2.05, 4.69) is 10.5 Å². The van der Waals surface area contributed by atoms with Crippen molar-refractivity contribution in [2.24, 2.45) is 16.8 Å². The predicted molar refractivity (Wildman–Crippen MR) is 173 cm³/mol. The second kappa shape index (κ2) is 14.9. The number of ether oxygens (including phenoxy) is 2. The second-order valence-electron chi connectivity index (χ2n) is 10.6. The largest absolute Gasteiger partial charge is 0.488 e. The molecule has 0 aliphatic carbocycles. The minimum atomic E-state index is -0.523. The molecule has 4 rings (SSSR count). The molecular formula is C33H34Cl2N4O4. The summed E-state index contributed by atoms with van der Waals surface area (Å²) in [5.74, 6) is 0.716. The van der Waals surface area contributed by atoms with Crippen LogP contribution in [0.25, 0.3) is 11.1 Å². The van der Waals surface area contributed by atoms with Crippen LogP contribution >= 0.6 is 23.2 Å². The van der Waals surface area contributed by atoms with E-state index in [1.807, 2.05) is 62.4 Å². The molecule has 0 aromatic heterocycles. The number of nitrogen functional groups attached to an aromatic ring is 1. The maximum atomic E-state index is 12.0. The molecule has 4 aromatic carbocycles. The lowest BCUT2D eigenvalue weighted by Crippen LogP contribution is -2.41. The Balaban J connectivity index is 1.59. The van der Waals surface area contributed by atoms with Crippen molar-refractivity contribution < 1.29 is 14.3 Å². The van der Waals surface area contributed by atoms with Crippen LogP contribution in [0.2, 0.25) is 10.0 Å². The van der Waals surface area contributed by atoms with Gasteiger partial charge in [0.25, 0.3) is 0 Å².